The van der Waals surface area contributed by atoms with Crippen LogP contribution < -0.4 is 5.73 Å². The molecular weight excluding hydrogens is 235 g/mol. The summed E-state index contributed by atoms with van der Waals surface area (Å²) in [5, 5.41) is 3.54. The van der Waals surface area contributed by atoms with Crippen molar-refractivity contribution in [2.45, 2.75) is 13.1 Å². The third-order valence-corrected chi connectivity index (χ3v) is 2.25. The van der Waals surface area contributed by atoms with E-state index in [1.54, 1.807) is 0 Å². The average Bonchev–Trinajstić information content (AvgIpc) is 2.58. The SMILES string of the molecule is Cc1cc(C(F)(F)F)n2nc(C(N)=O)cc2c1. The van der Waals surface area contributed by atoms with Crippen molar-refractivity contribution in [3.05, 3.63) is 35.2 Å². The third kappa shape index (κ3) is 1.95. The lowest BCUT2D eigenvalue weighted by Crippen LogP contribution is -2.15. The van der Waals surface area contributed by atoms with Gasteiger partial charge in [-0.2, -0.15) is 18.3 Å². The predicted octanol–water partition coefficient (Wildman–Crippen LogP) is 1.76. The number of rotatable bonds is 1. The van der Waals surface area contributed by atoms with E-state index in [0.29, 0.717) is 10.1 Å². The molecule has 0 unspecified atom stereocenters. The maximum atomic E-state index is 12.7. The van der Waals surface area contributed by atoms with E-state index in [2.05, 4.69) is 5.10 Å². The van der Waals surface area contributed by atoms with Crippen molar-refractivity contribution in [3.63, 3.8) is 0 Å². The van der Waals surface area contributed by atoms with Gasteiger partial charge in [-0.1, -0.05) is 0 Å². The molecule has 2 aromatic rings. The van der Waals surface area contributed by atoms with Crippen LogP contribution in [0.4, 0.5) is 13.2 Å². The molecule has 90 valence electrons. The first-order valence-electron chi connectivity index (χ1n) is 4.66. The summed E-state index contributed by atoms with van der Waals surface area (Å²) in [6.07, 6.45) is -4.54. The van der Waals surface area contributed by atoms with E-state index < -0.39 is 17.8 Å². The Morgan fingerprint density at radius 2 is 2.00 bits per heavy atom. The van der Waals surface area contributed by atoms with Gasteiger partial charge in [0, 0.05) is 0 Å². The Morgan fingerprint density at radius 1 is 1.35 bits per heavy atom. The van der Waals surface area contributed by atoms with E-state index >= 15 is 0 Å². The number of nitrogens with zero attached hydrogens (tertiary/aromatic N) is 2. The Kier molecular flexibility index (Phi) is 2.34. The van der Waals surface area contributed by atoms with Gasteiger partial charge in [-0.25, -0.2) is 4.52 Å². The first kappa shape index (κ1) is 11.4. The van der Waals surface area contributed by atoms with Crippen LogP contribution in [-0.2, 0) is 6.18 Å². The summed E-state index contributed by atoms with van der Waals surface area (Å²) in [6.45, 7) is 1.53. The molecule has 0 aromatic carbocycles. The molecule has 0 aliphatic carbocycles. The zero-order chi connectivity index (χ0) is 12.8. The highest BCUT2D eigenvalue weighted by Gasteiger charge is 2.34. The fraction of sp³-hybridized carbons (Fsp3) is 0.200. The average molecular weight is 243 g/mol. The molecule has 0 bridgehead atoms. The highest BCUT2D eigenvalue weighted by atomic mass is 19.4. The minimum Gasteiger partial charge on any atom is -0.364 e. The van der Waals surface area contributed by atoms with E-state index in [-0.39, 0.29) is 11.2 Å². The molecule has 4 nitrogen and oxygen atoms in total. The minimum absolute atomic E-state index is 0.186. The van der Waals surface area contributed by atoms with Gasteiger partial charge in [0.25, 0.3) is 5.91 Å². The molecule has 0 saturated heterocycles. The molecule has 7 heteroatoms. The molecule has 1 amide bonds. The van der Waals surface area contributed by atoms with E-state index in [9.17, 15) is 18.0 Å². The molecule has 2 heterocycles. The number of amides is 1. The molecule has 0 atom stereocenters. The largest absolute Gasteiger partial charge is 0.433 e. The van der Waals surface area contributed by atoms with Crippen LogP contribution in [0, 0.1) is 6.92 Å². The number of nitrogens with two attached hydrogens (primary N) is 1. The topological polar surface area (TPSA) is 60.4 Å². The van der Waals surface area contributed by atoms with Gasteiger partial charge in [-0.3, -0.25) is 4.79 Å². The number of carbonyl (C=O) groups is 1. The lowest BCUT2D eigenvalue weighted by molar-refractivity contribution is -0.142. The molecule has 2 N–H and O–H groups in total. The molecule has 0 spiro atoms. The summed E-state index contributed by atoms with van der Waals surface area (Å²) in [6, 6.07) is 3.68. The summed E-state index contributed by atoms with van der Waals surface area (Å²) in [5.41, 5.74) is 4.47. The number of halogens is 3. The van der Waals surface area contributed by atoms with Crippen molar-refractivity contribution >= 4 is 11.4 Å². The molecule has 0 aliphatic heterocycles. The Morgan fingerprint density at radius 3 is 2.53 bits per heavy atom. The van der Waals surface area contributed by atoms with Gasteiger partial charge < -0.3 is 5.73 Å². The summed E-state index contributed by atoms with van der Waals surface area (Å²) < 4.78 is 38.9. The Hall–Kier alpha value is -2.05. The van der Waals surface area contributed by atoms with Crippen molar-refractivity contribution < 1.29 is 18.0 Å². The van der Waals surface area contributed by atoms with Gasteiger partial charge in [-0.15, -0.1) is 0 Å². The normalized spacial score (nSPS) is 12.0. The lowest BCUT2D eigenvalue weighted by Gasteiger charge is -2.09. The second-order valence-electron chi connectivity index (χ2n) is 3.65. The van der Waals surface area contributed by atoms with Gasteiger partial charge in [0.2, 0.25) is 0 Å². The maximum Gasteiger partial charge on any atom is 0.433 e. The second-order valence-corrected chi connectivity index (χ2v) is 3.65. The number of aromatic nitrogens is 2. The molecule has 2 aromatic heterocycles. The minimum atomic E-state index is -4.54. The summed E-state index contributed by atoms with van der Waals surface area (Å²) in [5.74, 6) is -0.862. The molecule has 17 heavy (non-hydrogen) atoms. The third-order valence-electron chi connectivity index (χ3n) is 2.25. The standard InChI is InChI=1S/C10H8F3N3O/c1-5-2-6-4-7(9(14)17)15-16(6)8(3-5)10(11,12)13/h2-4H,1H3,(H2,14,17). The summed E-state index contributed by atoms with van der Waals surface area (Å²) >= 11 is 0. The fourth-order valence-corrected chi connectivity index (χ4v) is 1.57. The Labute approximate surface area is 93.8 Å². The number of primary amides is 1. The number of fused-ring (bicyclic) bond motifs is 1. The van der Waals surface area contributed by atoms with Crippen LogP contribution in [-0.4, -0.2) is 15.5 Å². The summed E-state index contributed by atoms with van der Waals surface area (Å²) in [7, 11) is 0. The van der Waals surface area contributed by atoms with Gasteiger partial charge in [0.1, 0.15) is 5.69 Å². The zero-order valence-corrected chi connectivity index (χ0v) is 8.75. The number of hydrogen-bond acceptors (Lipinski definition) is 2. The molecular formula is C10H8F3N3O. The van der Waals surface area contributed by atoms with Gasteiger partial charge in [0.15, 0.2) is 5.69 Å². The Balaban J connectivity index is 2.79. The predicted molar refractivity (Wildman–Crippen MR) is 53.4 cm³/mol. The van der Waals surface area contributed by atoms with Crippen LogP contribution in [0.2, 0.25) is 0 Å². The first-order valence-corrected chi connectivity index (χ1v) is 4.66. The number of pyridine rings is 1. The van der Waals surface area contributed by atoms with Crippen molar-refractivity contribution in [1.29, 1.82) is 0 Å². The van der Waals surface area contributed by atoms with Crippen LogP contribution in [0.25, 0.3) is 5.52 Å². The van der Waals surface area contributed by atoms with E-state index in [4.69, 9.17) is 5.73 Å². The Bertz CT molecular complexity index is 601. The van der Waals surface area contributed by atoms with E-state index in [0.717, 1.165) is 6.07 Å². The first-order chi connectivity index (χ1) is 7.79. The van der Waals surface area contributed by atoms with Gasteiger partial charge in [0.05, 0.1) is 5.52 Å². The maximum absolute atomic E-state index is 12.7. The van der Waals surface area contributed by atoms with Crippen molar-refractivity contribution in [3.8, 4) is 0 Å². The monoisotopic (exact) mass is 243 g/mol. The highest BCUT2D eigenvalue weighted by molar-refractivity contribution is 5.92. The van der Waals surface area contributed by atoms with Crippen molar-refractivity contribution in [1.82, 2.24) is 9.61 Å². The number of hydrogen-bond donors (Lipinski definition) is 1. The van der Waals surface area contributed by atoms with Gasteiger partial charge in [-0.05, 0) is 30.7 Å². The molecule has 0 radical (unpaired) electrons. The quantitative estimate of drug-likeness (QED) is 0.829. The zero-order valence-electron chi connectivity index (χ0n) is 8.75. The van der Waals surface area contributed by atoms with Crippen molar-refractivity contribution in [2.24, 2.45) is 5.73 Å². The van der Waals surface area contributed by atoms with Crippen molar-refractivity contribution in [2.75, 3.05) is 0 Å². The van der Waals surface area contributed by atoms with Gasteiger partial charge >= 0.3 is 6.18 Å². The van der Waals surface area contributed by atoms with E-state index in [1.165, 1.54) is 19.1 Å². The smallest absolute Gasteiger partial charge is 0.364 e. The molecule has 0 aliphatic rings. The number of alkyl halides is 3. The van der Waals surface area contributed by atoms with E-state index in [1.807, 2.05) is 0 Å². The molecule has 0 saturated carbocycles. The number of carbonyl (C=O) groups excluding carboxylic acids is 1. The van der Waals surface area contributed by atoms with Crippen LogP contribution in [0.1, 0.15) is 21.7 Å². The van der Waals surface area contributed by atoms with Crippen LogP contribution in [0.3, 0.4) is 0 Å². The molecule has 2 rings (SSSR count). The second kappa shape index (κ2) is 3.47. The lowest BCUT2D eigenvalue weighted by atomic mass is 10.2. The van der Waals surface area contributed by atoms with Crippen LogP contribution in [0.5, 0.6) is 0 Å². The fourth-order valence-electron chi connectivity index (χ4n) is 1.57. The van der Waals surface area contributed by atoms with Crippen LogP contribution in [0.15, 0.2) is 18.2 Å². The highest BCUT2D eigenvalue weighted by Crippen LogP contribution is 2.30. The molecule has 0 fully saturated rings. The number of aryl methyl sites for hydroxylation is 1. The summed E-state index contributed by atoms with van der Waals surface area (Å²) in [4.78, 5) is 10.9. The van der Waals surface area contributed by atoms with Crippen LogP contribution >= 0.6 is 0 Å².